The number of rotatable bonds is 6. The molecule has 3 aromatic heterocycles. The Morgan fingerprint density at radius 3 is 2.47 bits per heavy atom. The van der Waals surface area contributed by atoms with Crippen LogP contribution in [0.3, 0.4) is 0 Å². The average molecular weight is 488 g/mol. The van der Waals surface area contributed by atoms with Gasteiger partial charge in [0.2, 0.25) is 0 Å². The van der Waals surface area contributed by atoms with Gasteiger partial charge in [0, 0.05) is 29.7 Å². The zero-order chi connectivity index (χ0) is 26.3. The van der Waals surface area contributed by atoms with Crippen LogP contribution < -0.4 is 10.6 Å². The van der Waals surface area contributed by atoms with Gasteiger partial charge in [0.1, 0.15) is 22.0 Å². The van der Waals surface area contributed by atoms with Gasteiger partial charge >= 0.3 is 6.03 Å². The summed E-state index contributed by atoms with van der Waals surface area (Å²) < 4.78 is 15.0. The van der Waals surface area contributed by atoms with Gasteiger partial charge in [0.05, 0.1) is 65.3 Å². The third kappa shape index (κ3) is 6.14. The van der Waals surface area contributed by atoms with Crippen molar-refractivity contribution in [3.63, 3.8) is 0 Å². The van der Waals surface area contributed by atoms with E-state index in [1.165, 1.54) is 16.2 Å². The quantitative estimate of drug-likeness (QED) is 0.492. The van der Waals surface area contributed by atoms with Gasteiger partial charge in [-0.15, -0.1) is 20.4 Å². The first-order valence-corrected chi connectivity index (χ1v) is 11.9. The van der Waals surface area contributed by atoms with Crippen molar-refractivity contribution in [2.24, 2.45) is 0 Å². The average Bonchev–Trinajstić information content (AvgIpc) is 3.22. The predicted octanol–water partition coefficient (Wildman–Crippen LogP) is 0.518. The van der Waals surface area contributed by atoms with Crippen molar-refractivity contribution in [3.8, 4) is 10.6 Å². The Hall–Kier alpha value is -2.33. The number of urea groups is 1. The van der Waals surface area contributed by atoms with Crippen LogP contribution in [0.5, 0.6) is 0 Å². The maximum Gasteiger partial charge on any atom is 0.323 e. The van der Waals surface area contributed by atoms with Crippen LogP contribution in [0, 0.1) is 6.92 Å². The number of alkyl halides is 1. The van der Waals surface area contributed by atoms with Crippen LogP contribution in [0.4, 0.5) is 15.0 Å². The Labute approximate surface area is 220 Å². The third-order valence-electron chi connectivity index (χ3n) is 5.78. The molecule has 4 rings (SSSR count). The first-order valence-electron chi connectivity index (χ1n) is 11.1. The second-order valence-corrected chi connectivity index (χ2v) is 10.2. The summed E-state index contributed by atoms with van der Waals surface area (Å²) in [6, 6.07) is 1.12. The number of nitrogens with one attached hydrogen (secondary N) is 2. The first-order chi connectivity index (χ1) is 16.8. The molecule has 0 spiro atoms. The summed E-state index contributed by atoms with van der Waals surface area (Å²) in [7, 11) is 34.3. The zero-order valence-corrected chi connectivity index (χ0v) is 20.4. The maximum absolute atomic E-state index is 15.0. The standard InChI is InChI=1S/C20H18B6FN7OS/c1-9-32-33-16(36-9)11-4-10-5-15(29-7-14(10)28-6-11)31-18(35)34-3-2-13(12(27)8-34)30-17(19(21,22)23)20(24,25)26/h4-7,12-13,17,30H,2-3,8H2,1H3,(H,29,31,35)/t12-,13-/m0/s1. The molecule has 2 amide bonds. The number of carbonyl (C=O) groups is 1. The molecule has 1 saturated heterocycles. The molecule has 4 heterocycles. The molecule has 2 atom stereocenters. The zero-order valence-electron chi connectivity index (χ0n) is 19.6. The van der Waals surface area contributed by atoms with E-state index in [9.17, 15) is 9.18 Å². The SMILES string of the molecule is [B]C([B])([B])C(N[C@H]1CCN(C(=O)Nc2cc3cc(-c4nnc(C)s4)cnc3cn2)C[C@@H]1F)C([B])([B])[B]. The van der Waals surface area contributed by atoms with E-state index in [0.29, 0.717) is 11.3 Å². The summed E-state index contributed by atoms with van der Waals surface area (Å²) in [6.45, 7) is 1.90. The molecule has 36 heavy (non-hydrogen) atoms. The van der Waals surface area contributed by atoms with E-state index in [2.05, 4.69) is 30.8 Å². The highest BCUT2D eigenvalue weighted by molar-refractivity contribution is 7.14. The summed E-state index contributed by atoms with van der Waals surface area (Å²) in [5.41, 5.74) is 1.45. The number of pyridine rings is 2. The summed E-state index contributed by atoms with van der Waals surface area (Å²) in [6.07, 6.45) is 1.98. The number of likely N-dealkylation sites (tertiary alicyclic amines) is 1. The van der Waals surface area contributed by atoms with Gasteiger partial charge in [-0.2, -0.15) is 0 Å². The van der Waals surface area contributed by atoms with Gasteiger partial charge in [0.15, 0.2) is 0 Å². The van der Waals surface area contributed by atoms with Crippen molar-refractivity contribution >= 4 is 81.2 Å². The molecule has 12 radical (unpaired) electrons. The Kier molecular flexibility index (Phi) is 7.57. The largest absolute Gasteiger partial charge is 0.323 e. The third-order valence-corrected chi connectivity index (χ3v) is 6.67. The van der Waals surface area contributed by atoms with E-state index in [-0.39, 0.29) is 19.5 Å². The first kappa shape index (κ1) is 26.7. The minimum Gasteiger partial charge on any atom is -0.321 e. The number of hydrogen-bond acceptors (Lipinski definition) is 7. The van der Waals surface area contributed by atoms with E-state index < -0.39 is 34.5 Å². The van der Waals surface area contributed by atoms with E-state index in [1.54, 1.807) is 18.5 Å². The van der Waals surface area contributed by atoms with Crippen molar-refractivity contribution in [2.75, 3.05) is 18.4 Å². The van der Waals surface area contributed by atoms with Crippen molar-refractivity contribution in [1.82, 2.24) is 30.4 Å². The molecule has 16 heteroatoms. The van der Waals surface area contributed by atoms with Crippen molar-refractivity contribution < 1.29 is 9.18 Å². The Morgan fingerprint density at radius 1 is 1.14 bits per heavy atom. The second-order valence-electron chi connectivity index (χ2n) is 9.00. The van der Waals surface area contributed by atoms with Crippen LogP contribution in [0.15, 0.2) is 24.5 Å². The topological polar surface area (TPSA) is 95.9 Å². The van der Waals surface area contributed by atoms with Gasteiger partial charge in [-0.3, -0.25) is 10.3 Å². The molecule has 0 saturated carbocycles. The molecular formula is C20H18B6FN7OS. The summed E-state index contributed by atoms with van der Waals surface area (Å²) in [5, 5.41) is 12.3. The van der Waals surface area contributed by atoms with Crippen LogP contribution in [0.2, 0.25) is 10.2 Å². The highest BCUT2D eigenvalue weighted by Gasteiger charge is 2.38. The lowest BCUT2D eigenvalue weighted by Gasteiger charge is -2.48. The molecular weight excluding hydrogens is 470 g/mol. The Bertz CT molecular complexity index is 1240. The molecule has 0 aromatic carbocycles. The number of piperidine rings is 1. The number of fused-ring (bicyclic) bond motifs is 1. The summed E-state index contributed by atoms with van der Waals surface area (Å²) in [5.74, 6) is 0.300. The van der Waals surface area contributed by atoms with Crippen LogP contribution >= 0.6 is 11.3 Å². The smallest absolute Gasteiger partial charge is 0.321 e. The highest BCUT2D eigenvalue weighted by Crippen LogP contribution is 2.32. The van der Waals surface area contributed by atoms with Crippen LogP contribution in [-0.2, 0) is 0 Å². The molecule has 1 fully saturated rings. The minimum absolute atomic E-state index is 0.203. The van der Waals surface area contributed by atoms with E-state index in [1.807, 2.05) is 13.0 Å². The van der Waals surface area contributed by atoms with Gasteiger partial charge in [0.25, 0.3) is 0 Å². The number of halogens is 1. The van der Waals surface area contributed by atoms with E-state index in [4.69, 9.17) is 47.1 Å². The molecule has 1 aliphatic rings. The molecule has 170 valence electrons. The fourth-order valence-corrected chi connectivity index (χ4v) is 4.70. The van der Waals surface area contributed by atoms with Crippen molar-refractivity contribution in [1.29, 1.82) is 0 Å². The number of hydrogen-bond donors (Lipinski definition) is 2. The molecule has 3 aromatic rings. The van der Waals surface area contributed by atoms with Crippen molar-refractivity contribution in [3.05, 3.63) is 29.5 Å². The molecule has 2 N–H and O–H groups in total. The lowest BCUT2D eigenvalue weighted by molar-refractivity contribution is 0.116. The van der Waals surface area contributed by atoms with E-state index in [0.717, 1.165) is 21.0 Å². The van der Waals surface area contributed by atoms with Crippen LogP contribution in [0.25, 0.3) is 21.5 Å². The molecule has 8 nitrogen and oxygen atoms in total. The lowest BCUT2D eigenvalue weighted by Crippen LogP contribution is -2.60. The number of aromatic nitrogens is 4. The summed E-state index contributed by atoms with van der Waals surface area (Å²) in [4.78, 5) is 22.8. The van der Waals surface area contributed by atoms with Gasteiger partial charge < -0.3 is 10.2 Å². The van der Waals surface area contributed by atoms with Crippen LogP contribution in [0.1, 0.15) is 11.4 Å². The highest BCUT2D eigenvalue weighted by atomic mass is 32.1. The van der Waals surface area contributed by atoms with E-state index >= 15 is 0 Å². The van der Waals surface area contributed by atoms with Gasteiger partial charge in [-0.05, 0) is 31.5 Å². The summed E-state index contributed by atoms with van der Waals surface area (Å²) >= 11 is 1.45. The Morgan fingerprint density at radius 2 is 1.86 bits per heavy atom. The van der Waals surface area contributed by atoms with Gasteiger partial charge in [-0.1, -0.05) is 11.3 Å². The van der Waals surface area contributed by atoms with Gasteiger partial charge in [-0.25, -0.2) is 14.2 Å². The number of carbonyl (C=O) groups excluding carboxylic acids is 1. The fourth-order valence-electron chi connectivity index (χ4n) is 4.03. The fraction of sp³-hybridized carbons (Fsp3) is 0.450. The number of amides is 2. The normalized spacial score (nSPS) is 19.0. The van der Waals surface area contributed by atoms with Crippen LogP contribution in [-0.4, -0.2) is 110 Å². The number of nitrogens with zero attached hydrogens (tertiary/aromatic N) is 5. The minimum atomic E-state index is -1.89. The second kappa shape index (κ2) is 10.2. The molecule has 0 aliphatic carbocycles. The molecule has 0 unspecified atom stereocenters. The number of aryl methyl sites for hydroxylation is 1. The monoisotopic (exact) mass is 489 g/mol. The molecule has 0 bridgehead atoms. The Balaban J connectivity index is 1.41. The number of anilines is 1. The lowest BCUT2D eigenvalue weighted by atomic mass is 9.27. The molecule has 1 aliphatic heterocycles. The predicted molar refractivity (Wildman–Crippen MR) is 144 cm³/mol. The van der Waals surface area contributed by atoms with Crippen molar-refractivity contribution in [2.45, 2.75) is 41.8 Å². The maximum atomic E-state index is 15.0.